The van der Waals surface area contributed by atoms with Crippen molar-refractivity contribution in [3.63, 3.8) is 0 Å². The molecule has 0 spiro atoms. The van der Waals surface area contributed by atoms with Gasteiger partial charge >= 0.3 is 6.03 Å². The maximum absolute atomic E-state index is 13.2. The standard InChI is InChI=1S/C26H28N6O4S2/c1-17(16-33)28-24-22(23-5-4-14-37-23)15-27-25(31-24)29-18-8-12-21(13-9-18)38(3,35)32-26(34)30-19-6-10-20(36-2)11-7-19/h4-15,17,33H,16H2,1-3H3,(H,30,34)(H2,27,28,29,31)/t17-,38?/m1/s1. The fourth-order valence-corrected chi connectivity index (χ4v) is 5.24. The van der Waals surface area contributed by atoms with Crippen LogP contribution in [0.4, 0.5) is 27.9 Å². The molecule has 12 heteroatoms. The number of ether oxygens (including phenoxy) is 1. The van der Waals surface area contributed by atoms with E-state index in [4.69, 9.17) is 4.74 Å². The van der Waals surface area contributed by atoms with Gasteiger partial charge in [0.25, 0.3) is 0 Å². The summed E-state index contributed by atoms with van der Waals surface area (Å²) in [5.74, 6) is 1.61. The predicted molar refractivity (Wildman–Crippen MR) is 152 cm³/mol. The molecule has 2 atom stereocenters. The van der Waals surface area contributed by atoms with Crippen LogP contribution in [0.5, 0.6) is 5.75 Å². The summed E-state index contributed by atoms with van der Waals surface area (Å²) >= 11 is 1.57. The van der Waals surface area contributed by atoms with Gasteiger partial charge in [-0.2, -0.15) is 4.98 Å². The number of nitrogens with zero attached hydrogens (tertiary/aromatic N) is 3. The van der Waals surface area contributed by atoms with Crippen LogP contribution in [0.1, 0.15) is 6.92 Å². The second-order valence-corrected chi connectivity index (χ2v) is 11.6. The fraction of sp³-hybridized carbons (Fsp3) is 0.192. The largest absolute Gasteiger partial charge is 0.497 e. The summed E-state index contributed by atoms with van der Waals surface area (Å²) in [5.41, 5.74) is 2.01. The summed E-state index contributed by atoms with van der Waals surface area (Å²) in [6.45, 7) is 1.81. The molecule has 0 aliphatic heterocycles. The summed E-state index contributed by atoms with van der Waals surface area (Å²) in [5, 5.41) is 20.4. The maximum atomic E-state index is 13.2. The maximum Gasteiger partial charge on any atom is 0.353 e. The number of rotatable bonds is 9. The van der Waals surface area contributed by atoms with Gasteiger partial charge in [0, 0.05) is 39.6 Å². The molecular formula is C26H28N6O4S2. The van der Waals surface area contributed by atoms with Crippen molar-refractivity contribution in [2.75, 3.05) is 35.9 Å². The highest BCUT2D eigenvalue weighted by atomic mass is 32.2. The summed E-state index contributed by atoms with van der Waals surface area (Å²) in [4.78, 5) is 22.8. The molecule has 0 bridgehead atoms. The predicted octanol–water partition coefficient (Wildman–Crippen LogP) is 5.44. The van der Waals surface area contributed by atoms with Crippen LogP contribution < -0.4 is 20.7 Å². The van der Waals surface area contributed by atoms with Crippen LogP contribution in [0.25, 0.3) is 10.4 Å². The van der Waals surface area contributed by atoms with E-state index in [0.717, 1.165) is 10.4 Å². The van der Waals surface area contributed by atoms with Crippen molar-refractivity contribution >= 4 is 50.2 Å². The Kier molecular flexibility index (Phi) is 8.56. The normalized spacial score (nSPS) is 13.2. The van der Waals surface area contributed by atoms with Crippen LogP contribution in [0.15, 0.2) is 81.5 Å². The highest BCUT2D eigenvalue weighted by Gasteiger charge is 2.14. The molecule has 198 valence electrons. The molecule has 2 heterocycles. The minimum absolute atomic E-state index is 0.0441. The van der Waals surface area contributed by atoms with Gasteiger partial charge in [-0.1, -0.05) is 6.07 Å². The molecular weight excluding hydrogens is 524 g/mol. The van der Waals surface area contributed by atoms with E-state index in [0.29, 0.717) is 33.8 Å². The zero-order valence-electron chi connectivity index (χ0n) is 21.0. The number of carbonyl (C=O) groups excluding carboxylic acids is 1. The van der Waals surface area contributed by atoms with Gasteiger partial charge in [0.2, 0.25) is 5.95 Å². The molecule has 2 aromatic carbocycles. The molecule has 0 aliphatic carbocycles. The Morgan fingerprint density at radius 2 is 1.84 bits per heavy atom. The highest BCUT2D eigenvalue weighted by Crippen LogP contribution is 2.31. The number of benzene rings is 2. The summed E-state index contributed by atoms with van der Waals surface area (Å²) in [7, 11) is -1.43. The molecule has 2 amide bonds. The van der Waals surface area contributed by atoms with Crippen molar-refractivity contribution in [3.8, 4) is 16.2 Å². The number of nitrogens with one attached hydrogen (secondary N) is 3. The number of aliphatic hydroxyl groups is 1. The molecule has 10 nitrogen and oxygen atoms in total. The van der Waals surface area contributed by atoms with Crippen molar-refractivity contribution in [1.29, 1.82) is 0 Å². The van der Waals surface area contributed by atoms with Crippen LogP contribution in [-0.2, 0) is 9.73 Å². The van der Waals surface area contributed by atoms with E-state index < -0.39 is 15.8 Å². The molecule has 38 heavy (non-hydrogen) atoms. The summed E-state index contributed by atoms with van der Waals surface area (Å²) in [6.07, 6.45) is 3.14. The van der Waals surface area contributed by atoms with Gasteiger partial charge < -0.3 is 25.8 Å². The van der Waals surface area contributed by atoms with E-state index in [1.807, 2.05) is 24.4 Å². The third-order valence-corrected chi connectivity index (χ3v) is 7.94. The molecule has 0 radical (unpaired) electrons. The van der Waals surface area contributed by atoms with Crippen molar-refractivity contribution in [3.05, 3.63) is 72.2 Å². The van der Waals surface area contributed by atoms with E-state index >= 15 is 0 Å². The van der Waals surface area contributed by atoms with Crippen molar-refractivity contribution in [2.45, 2.75) is 17.9 Å². The summed E-state index contributed by atoms with van der Waals surface area (Å²) in [6, 6.07) is 16.5. The number of methoxy groups -OCH3 is 1. The molecule has 1 unspecified atom stereocenters. The lowest BCUT2D eigenvalue weighted by atomic mass is 10.2. The van der Waals surface area contributed by atoms with Gasteiger partial charge in [0.05, 0.1) is 29.0 Å². The number of hydrogen-bond acceptors (Lipinski definition) is 9. The quantitative estimate of drug-likeness (QED) is 0.215. The number of anilines is 4. The van der Waals surface area contributed by atoms with Gasteiger partial charge in [-0.05, 0) is 66.9 Å². The lowest BCUT2D eigenvalue weighted by Crippen LogP contribution is -2.21. The Morgan fingerprint density at radius 3 is 2.47 bits per heavy atom. The Bertz CT molecular complexity index is 1500. The van der Waals surface area contributed by atoms with Gasteiger partial charge in [-0.3, -0.25) is 0 Å². The zero-order chi connectivity index (χ0) is 27.1. The highest BCUT2D eigenvalue weighted by molar-refractivity contribution is 7.93. The fourth-order valence-electron chi connectivity index (χ4n) is 3.39. The van der Waals surface area contributed by atoms with E-state index in [1.165, 1.54) is 6.26 Å². The number of amides is 2. The first-order chi connectivity index (χ1) is 18.3. The molecule has 0 saturated carbocycles. The Morgan fingerprint density at radius 1 is 1.13 bits per heavy atom. The Labute approximate surface area is 225 Å². The SMILES string of the molecule is COc1ccc(NC(=O)N=S(C)(=O)c2ccc(Nc3ncc(-c4cccs4)c(N[C@H](C)CO)n3)cc2)cc1. The molecule has 0 fully saturated rings. The monoisotopic (exact) mass is 552 g/mol. The number of hydrogen-bond donors (Lipinski definition) is 4. The molecule has 4 rings (SSSR count). The lowest BCUT2D eigenvalue weighted by Gasteiger charge is -2.16. The second-order valence-electron chi connectivity index (χ2n) is 8.36. The van der Waals surface area contributed by atoms with Crippen LogP contribution in [0.3, 0.4) is 0 Å². The van der Waals surface area contributed by atoms with Gasteiger partial charge in [0.1, 0.15) is 11.6 Å². The van der Waals surface area contributed by atoms with Crippen LogP contribution >= 0.6 is 11.3 Å². The number of carbonyl (C=O) groups is 1. The number of thiophene rings is 1. The van der Waals surface area contributed by atoms with E-state index in [9.17, 15) is 14.1 Å². The Hall–Kier alpha value is -4.00. The van der Waals surface area contributed by atoms with Gasteiger partial charge in [-0.25, -0.2) is 14.0 Å². The van der Waals surface area contributed by atoms with E-state index in [-0.39, 0.29) is 12.6 Å². The van der Waals surface area contributed by atoms with E-state index in [2.05, 4.69) is 30.3 Å². The van der Waals surface area contributed by atoms with Gasteiger partial charge in [-0.15, -0.1) is 15.7 Å². The lowest BCUT2D eigenvalue weighted by molar-refractivity contribution is 0.260. The van der Waals surface area contributed by atoms with Crippen molar-refractivity contribution in [2.24, 2.45) is 4.36 Å². The van der Waals surface area contributed by atoms with Gasteiger partial charge in [0.15, 0.2) is 0 Å². The van der Waals surface area contributed by atoms with E-state index in [1.54, 1.807) is 73.2 Å². The minimum atomic E-state index is -2.99. The Balaban J connectivity index is 1.49. The first kappa shape index (κ1) is 27.0. The number of aromatic nitrogens is 2. The van der Waals surface area contributed by atoms with Crippen molar-refractivity contribution < 1.29 is 18.8 Å². The second kappa shape index (κ2) is 12.0. The first-order valence-electron chi connectivity index (χ1n) is 11.6. The third-order valence-electron chi connectivity index (χ3n) is 5.38. The number of aliphatic hydroxyl groups excluding tert-OH is 1. The molecule has 2 aromatic heterocycles. The van der Waals surface area contributed by atoms with Crippen LogP contribution in [-0.4, -0.2) is 51.3 Å². The average molecular weight is 553 g/mol. The molecule has 0 aliphatic rings. The molecule has 4 N–H and O–H groups in total. The average Bonchev–Trinajstić information content (AvgIpc) is 3.44. The minimum Gasteiger partial charge on any atom is -0.497 e. The number of urea groups is 1. The smallest absolute Gasteiger partial charge is 0.353 e. The van der Waals surface area contributed by atoms with Crippen LogP contribution in [0, 0.1) is 0 Å². The third kappa shape index (κ3) is 6.85. The topological polar surface area (TPSA) is 138 Å². The summed E-state index contributed by atoms with van der Waals surface area (Å²) < 4.78 is 22.1. The molecule has 0 saturated heterocycles. The van der Waals surface area contributed by atoms with Crippen LogP contribution in [0.2, 0.25) is 0 Å². The zero-order valence-corrected chi connectivity index (χ0v) is 22.7. The van der Waals surface area contributed by atoms with Crippen molar-refractivity contribution in [1.82, 2.24) is 9.97 Å². The molecule has 4 aromatic rings. The first-order valence-corrected chi connectivity index (χ1v) is 14.4.